The van der Waals surface area contributed by atoms with Gasteiger partial charge in [-0.05, 0) is 6.92 Å². The van der Waals surface area contributed by atoms with Gasteiger partial charge >= 0.3 is 0 Å². The summed E-state index contributed by atoms with van der Waals surface area (Å²) in [5.41, 5.74) is -0.667. The Morgan fingerprint density at radius 3 is 3.27 bits per heavy atom. The first-order valence-corrected chi connectivity index (χ1v) is 3.67. The third-order valence-electron chi connectivity index (χ3n) is 2.30. The molecule has 60 valence electrons. The van der Waals surface area contributed by atoms with E-state index in [1.807, 2.05) is 0 Å². The summed E-state index contributed by atoms with van der Waals surface area (Å²) in [6.07, 6.45) is 2.39. The summed E-state index contributed by atoms with van der Waals surface area (Å²) in [4.78, 5) is 15.1. The molecule has 2 heterocycles. The van der Waals surface area contributed by atoms with Gasteiger partial charge in [0.2, 0.25) is 0 Å². The Morgan fingerprint density at radius 2 is 2.64 bits per heavy atom. The molecule has 0 aromatic carbocycles. The van der Waals surface area contributed by atoms with Crippen LogP contribution in [0.5, 0.6) is 0 Å². The van der Waals surface area contributed by atoms with Crippen LogP contribution >= 0.6 is 0 Å². The number of rotatable bonds is 0. The van der Waals surface area contributed by atoms with Gasteiger partial charge in [0, 0.05) is 19.1 Å². The van der Waals surface area contributed by atoms with E-state index >= 15 is 0 Å². The van der Waals surface area contributed by atoms with E-state index in [1.165, 1.54) is 5.06 Å². The summed E-state index contributed by atoms with van der Waals surface area (Å²) < 4.78 is 0. The van der Waals surface area contributed by atoms with Crippen molar-refractivity contribution in [2.75, 3.05) is 0 Å². The minimum absolute atomic E-state index is 0.179. The van der Waals surface area contributed by atoms with Gasteiger partial charge in [-0.3, -0.25) is 9.79 Å². The van der Waals surface area contributed by atoms with Crippen LogP contribution in [0.3, 0.4) is 0 Å². The number of hydroxylamine groups is 2. The summed E-state index contributed by atoms with van der Waals surface area (Å²) in [6.45, 7) is 1.76. The van der Waals surface area contributed by atoms with Crippen molar-refractivity contribution in [1.29, 1.82) is 0 Å². The summed E-state index contributed by atoms with van der Waals surface area (Å²) in [7, 11) is 0. The number of nitrogens with zero attached hydrogens (tertiary/aromatic N) is 2. The molecular weight excluding hydrogens is 144 g/mol. The predicted molar refractivity (Wildman–Crippen MR) is 38.6 cm³/mol. The zero-order chi connectivity index (χ0) is 8.06. The Kier molecular flexibility index (Phi) is 1.20. The second-order valence-corrected chi connectivity index (χ2v) is 3.33. The Balaban J connectivity index is 2.33. The van der Waals surface area contributed by atoms with Crippen molar-refractivity contribution in [2.45, 2.75) is 31.5 Å². The van der Waals surface area contributed by atoms with Gasteiger partial charge in [0.25, 0.3) is 0 Å². The van der Waals surface area contributed by atoms with Gasteiger partial charge < -0.3 is 5.21 Å². The highest BCUT2D eigenvalue weighted by molar-refractivity contribution is 5.88. The van der Waals surface area contributed by atoms with Crippen LogP contribution in [0.1, 0.15) is 19.8 Å². The monoisotopic (exact) mass is 154 g/mol. The molecule has 11 heavy (non-hydrogen) atoms. The fourth-order valence-corrected chi connectivity index (χ4v) is 1.67. The number of piperidine rings is 1. The number of aliphatic imine (C=N–C) groups is 1. The molecule has 2 rings (SSSR count). The first-order chi connectivity index (χ1) is 5.12. The summed E-state index contributed by atoms with van der Waals surface area (Å²) in [6, 6.07) is -0.179. The van der Waals surface area contributed by atoms with E-state index in [4.69, 9.17) is 0 Å². The maximum Gasteiger partial charge on any atom is 0.139 e. The number of carbonyl (C=O) groups excluding carboxylic acids is 1. The average Bonchev–Trinajstić information content (AvgIpc) is 2.17. The highest BCUT2D eigenvalue weighted by atomic mass is 16.5. The van der Waals surface area contributed by atoms with Crippen LogP contribution in [0.4, 0.5) is 0 Å². The molecule has 0 saturated carbocycles. The smallest absolute Gasteiger partial charge is 0.139 e. The first-order valence-electron chi connectivity index (χ1n) is 3.67. The van der Waals surface area contributed by atoms with Crippen LogP contribution in [0.15, 0.2) is 4.99 Å². The van der Waals surface area contributed by atoms with Crippen molar-refractivity contribution >= 4 is 12.0 Å². The van der Waals surface area contributed by atoms with Crippen molar-refractivity contribution in [3.8, 4) is 0 Å². The lowest BCUT2D eigenvalue weighted by atomic mass is 9.96. The molecule has 0 amide bonds. The van der Waals surface area contributed by atoms with Crippen molar-refractivity contribution in [3.63, 3.8) is 0 Å². The van der Waals surface area contributed by atoms with Gasteiger partial charge in [0.05, 0.1) is 6.04 Å². The standard InChI is InChI=1S/C7H10N2O2/c1-7-3-6(10)2-5(4-8-7)9(7)11/h4-5,11H,2-3H2,1H3. The van der Waals surface area contributed by atoms with Crippen molar-refractivity contribution in [3.05, 3.63) is 0 Å². The molecule has 1 fully saturated rings. The topological polar surface area (TPSA) is 52.9 Å². The van der Waals surface area contributed by atoms with Crippen LogP contribution in [0, 0.1) is 0 Å². The molecule has 0 aromatic rings. The Bertz CT molecular complexity index is 239. The van der Waals surface area contributed by atoms with Crippen molar-refractivity contribution in [2.24, 2.45) is 4.99 Å². The number of fused-ring (bicyclic) bond motifs is 2. The van der Waals surface area contributed by atoms with E-state index in [9.17, 15) is 10.0 Å². The molecule has 2 aliphatic heterocycles. The zero-order valence-corrected chi connectivity index (χ0v) is 6.32. The molecule has 4 nitrogen and oxygen atoms in total. The summed E-state index contributed by atoms with van der Waals surface area (Å²) >= 11 is 0. The second kappa shape index (κ2) is 1.89. The normalized spacial score (nSPS) is 43.5. The van der Waals surface area contributed by atoms with Crippen LogP contribution in [0.2, 0.25) is 0 Å². The SMILES string of the molecule is CC12CC(=O)CC(C=N1)N2O. The molecule has 0 radical (unpaired) electrons. The van der Waals surface area contributed by atoms with Gasteiger partial charge in [-0.15, -0.1) is 0 Å². The molecule has 2 aliphatic rings. The molecule has 2 bridgehead atoms. The molecule has 0 aromatic heterocycles. The van der Waals surface area contributed by atoms with Crippen LogP contribution in [-0.4, -0.2) is 34.0 Å². The lowest BCUT2D eigenvalue weighted by Crippen LogP contribution is -2.50. The quantitative estimate of drug-likeness (QED) is 0.542. The Hall–Kier alpha value is -0.740. The first kappa shape index (κ1) is 6.94. The van der Waals surface area contributed by atoms with E-state index in [-0.39, 0.29) is 11.8 Å². The number of hydrogen-bond acceptors (Lipinski definition) is 4. The lowest BCUT2D eigenvalue weighted by molar-refractivity contribution is -0.188. The highest BCUT2D eigenvalue weighted by Gasteiger charge is 2.46. The third kappa shape index (κ3) is 0.829. The van der Waals surface area contributed by atoms with E-state index in [0.717, 1.165) is 0 Å². The molecule has 4 heteroatoms. The van der Waals surface area contributed by atoms with Gasteiger partial charge in [-0.25, -0.2) is 0 Å². The second-order valence-electron chi connectivity index (χ2n) is 3.33. The maximum absolute atomic E-state index is 11.1. The fraction of sp³-hybridized carbons (Fsp3) is 0.714. The molecule has 0 spiro atoms. The summed E-state index contributed by atoms with van der Waals surface area (Å²) in [5, 5.41) is 10.6. The van der Waals surface area contributed by atoms with Gasteiger partial charge in [0.15, 0.2) is 0 Å². The summed E-state index contributed by atoms with van der Waals surface area (Å²) in [5.74, 6) is 0.181. The van der Waals surface area contributed by atoms with Crippen molar-refractivity contribution < 1.29 is 10.0 Å². The van der Waals surface area contributed by atoms with E-state index in [1.54, 1.807) is 13.1 Å². The Labute approximate surface area is 64.5 Å². The average molecular weight is 154 g/mol. The minimum atomic E-state index is -0.667. The molecular formula is C7H10N2O2. The maximum atomic E-state index is 11.1. The largest absolute Gasteiger partial charge is 0.311 e. The number of Topliss-reactive ketones (excluding diaryl/α,β-unsaturated/α-hetero) is 1. The fourth-order valence-electron chi connectivity index (χ4n) is 1.67. The van der Waals surface area contributed by atoms with Gasteiger partial charge in [-0.2, -0.15) is 5.06 Å². The van der Waals surface area contributed by atoms with Crippen LogP contribution in [0.25, 0.3) is 0 Å². The highest BCUT2D eigenvalue weighted by Crippen LogP contribution is 2.32. The van der Waals surface area contributed by atoms with Gasteiger partial charge in [-0.1, -0.05) is 0 Å². The van der Waals surface area contributed by atoms with E-state index in [2.05, 4.69) is 4.99 Å². The number of hydrogen-bond donors (Lipinski definition) is 1. The van der Waals surface area contributed by atoms with Crippen LogP contribution < -0.4 is 0 Å². The number of ketones is 1. The lowest BCUT2D eigenvalue weighted by Gasteiger charge is -2.34. The van der Waals surface area contributed by atoms with Gasteiger partial charge in [0.1, 0.15) is 11.4 Å². The van der Waals surface area contributed by atoms with E-state index < -0.39 is 5.66 Å². The van der Waals surface area contributed by atoms with Crippen LogP contribution in [-0.2, 0) is 4.79 Å². The minimum Gasteiger partial charge on any atom is -0.311 e. The zero-order valence-electron chi connectivity index (χ0n) is 6.32. The third-order valence-corrected chi connectivity index (χ3v) is 2.30. The van der Waals surface area contributed by atoms with E-state index in [0.29, 0.717) is 12.8 Å². The molecule has 2 atom stereocenters. The molecule has 2 unspecified atom stereocenters. The molecule has 1 N–H and O–H groups in total. The number of carbonyl (C=O) groups is 1. The molecule has 0 aliphatic carbocycles. The van der Waals surface area contributed by atoms with Crippen molar-refractivity contribution in [1.82, 2.24) is 5.06 Å². The Morgan fingerprint density at radius 1 is 1.91 bits per heavy atom. The molecule has 1 saturated heterocycles. The predicted octanol–water partition coefficient (Wildman–Crippen LogP) is 0.210.